The number of halogens is 1. The summed E-state index contributed by atoms with van der Waals surface area (Å²) in [7, 11) is 0. The Kier molecular flexibility index (Phi) is 5.14. The first-order valence-electron chi connectivity index (χ1n) is 9.07. The zero-order valence-corrected chi connectivity index (χ0v) is 16.8. The number of carbonyl (C=O) groups excluding carboxylic acids is 1. The van der Waals surface area contributed by atoms with Gasteiger partial charge < -0.3 is 9.88 Å². The summed E-state index contributed by atoms with van der Waals surface area (Å²) in [4.78, 5) is 16.9. The van der Waals surface area contributed by atoms with Crippen LogP contribution >= 0.6 is 11.6 Å². The first-order chi connectivity index (χ1) is 14.0. The maximum absolute atomic E-state index is 12.7. The molecule has 1 amide bonds. The molecule has 0 bridgehead atoms. The number of imidazole rings is 1. The molecule has 0 aliphatic rings. The molecule has 7 nitrogen and oxygen atoms in total. The van der Waals surface area contributed by atoms with Gasteiger partial charge in [-0.3, -0.25) is 4.79 Å². The number of rotatable bonds is 5. The summed E-state index contributed by atoms with van der Waals surface area (Å²) in [6, 6.07) is 14.9. The monoisotopic (exact) mass is 406 g/mol. The van der Waals surface area contributed by atoms with Gasteiger partial charge in [0.2, 0.25) is 0 Å². The molecule has 0 unspecified atom stereocenters. The van der Waals surface area contributed by atoms with E-state index >= 15 is 0 Å². The van der Waals surface area contributed by atoms with Crippen LogP contribution in [0, 0.1) is 13.8 Å². The summed E-state index contributed by atoms with van der Waals surface area (Å²) in [5.41, 5.74) is 3.46. The standard InChI is InChI=1S/C21H19ClN6O/c1-14-20(25-26-28(14)19-5-3-4-17(22)12-19)21(29)24-18-8-6-16(7-9-18)13-27-11-10-23-15(27)2/h3-12H,13H2,1-2H3,(H,24,29). The van der Waals surface area contributed by atoms with Gasteiger partial charge in [0.05, 0.1) is 11.4 Å². The molecule has 0 saturated carbocycles. The fourth-order valence-electron chi connectivity index (χ4n) is 3.04. The van der Waals surface area contributed by atoms with Crippen LogP contribution in [0.4, 0.5) is 5.69 Å². The molecule has 0 aliphatic carbocycles. The van der Waals surface area contributed by atoms with Crippen LogP contribution < -0.4 is 5.32 Å². The SMILES string of the molecule is Cc1nccn1Cc1ccc(NC(=O)c2nnn(-c3cccc(Cl)c3)c2C)cc1. The van der Waals surface area contributed by atoms with Crippen molar-refractivity contribution in [1.29, 1.82) is 0 Å². The molecule has 0 aliphatic heterocycles. The Balaban J connectivity index is 1.48. The van der Waals surface area contributed by atoms with Crippen molar-refractivity contribution in [2.75, 3.05) is 5.32 Å². The summed E-state index contributed by atoms with van der Waals surface area (Å²) in [5.74, 6) is 0.648. The van der Waals surface area contributed by atoms with Gasteiger partial charge in [0.1, 0.15) is 5.82 Å². The lowest BCUT2D eigenvalue weighted by Gasteiger charge is -2.08. The Labute approximate surface area is 173 Å². The smallest absolute Gasteiger partial charge is 0.278 e. The maximum Gasteiger partial charge on any atom is 0.278 e. The molecule has 0 saturated heterocycles. The molecular formula is C21H19ClN6O. The quantitative estimate of drug-likeness (QED) is 0.542. The topological polar surface area (TPSA) is 77.6 Å². The lowest BCUT2D eigenvalue weighted by Crippen LogP contribution is -2.14. The van der Waals surface area contributed by atoms with Crippen molar-refractivity contribution in [1.82, 2.24) is 24.5 Å². The summed E-state index contributed by atoms with van der Waals surface area (Å²) < 4.78 is 3.66. The number of nitrogens with one attached hydrogen (secondary N) is 1. The third-order valence-electron chi connectivity index (χ3n) is 4.65. The highest BCUT2D eigenvalue weighted by molar-refractivity contribution is 6.30. The van der Waals surface area contributed by atoms with Crippen molar-refractivity contribution in [3.63, 3.8) is 0 Å². The van der Waals surface area contributed by atoms with E-state index in [1.165, 1.54) is 0 Å². The van der Waals surface area contributed by atoms with E-state index in [1.54, 1.807) is 29.9 Å². The Hall–Kier alpha value is -3.45. The number of aromatic nitrogens is 5. The molecule has 146 valence electrons. The van der Waals surface area contributed by atoms with Crippen LogP contribution in [-0.4, -0.2) is 30.5 Å². The Morgan fingerprint density at radius 3 is 2.62 bits per heavy atom. The highest BCUT2D eigenvalue weighted by Crippen LogP contribution is 2.18. The third kappa shape index (κ3) is 4.05. The van der Waals surface area contributed by atoms with Crippen molar-refractivity contribution in [2.24, 2.45) is 0 Å². The normalized spacial score (nSPS) is 10.9. The van der Waals surface area contributed by atoms with E-state index in [9.17, 15) is 4.79 Å². The van der Waals surface area contributed by atoms with Crippen LogP contribution in [0.5, 0.6) is 0 Å². The molecule has 2 aromatic carbocycles. The molecule has 2 heterocycles. The highest BCUT2D eigenvalue weighted by atomic mass is 35.5. The Bertz CT molecular complexity index is 1160. The molecule has 0 fully saturated rings. The molecule has 1 N–H and O–H groups in total. The van der Waals surface area contributed by atoms with Gasteiger partial charge in [0.25, 0.3) is 5.91 Å². The summed E-state index contributed by atoms with van der Waals surface area (Å²) in [6.45, 7) is 4.49. The minimum atomic E-state index is -0.311. The average molecular weight is 407 g/mol. The third-order valence-corrected chi connectivity index (χ3v) is 4.89. The molecule has 29 heavy (non-hydrogen) atoms. The number of carbonyl (C=O) groups is 1. The molecular weight excluding hydrogens is 388 g/mol. The van der Waals surface area contributed by atoms with Crippen LogP contribution in [0.1, 0.15) is 27.6 Å². The molecule has 0 atom stereocenters. The van der Waals surface area contributed by atoms with Crippen LogP contribution in [0.2, 0.25) is 5.02 Å². The van der Waals surface area contributed by atoms with Crippen LogP contribution in [0.3, 0.4) is 0 Å². The molecule has 2 aromatic heterocycles. The van der Waals surface area contributed by atoms with E-state index in [-0.39, 0.29) is 11.6 Å². The molecule has 4 aromatic rings. The summed E-state index contributed by atoms with van der Waals surface area (Å²) in [5, 5.41) is 11.6. The van der Waals surface area contributed by atoms with E-state index < -0.39 is 0 Å². The van der Waals surface area contributed by atoms with Crippen LogP contribution in [0.15, 0.2) is 60.9 Å². The molecule has 8 heteroatoms. The van der Waals surface area contributed by atoms with Crippen molar-refractivity contribution in [3.8, 4) is 5.69 Å². The molecule has 4 rings (SSSR count). The lowest BCUT2D eigenvalue weighted by molar-refractivity contribution is 0.102. The van der Waals surface area contributed by atoms with E-state index in [0.717, 1.165) is 23.6 Å². The second-order valence-corrected chi connectivity index (χ2v) is 7.10. The van der Waals surface area contributed by atoms with Gasteiger partial charge in [-0.2, -0.15) is 0 Å². The minimum Gasteiger partial charge on any atom is -0.331 e. The first-order valence-corrected chi connectivity index (χ1v) is 9.45. The number of hydrogen-bond acceptors (Lipinski definition) is 4. The van der Waals surface area contributed by atoms with Crippen molar-refractivity contribution >= 4 is 23.2 Å². The van der Waals surface area contributed by atoms with Crippen molar-refractivity contribution in [2.45, 2.75) is 20.4 Å². The van der Waals surface area contributed by atoms with E-state index in [2.05, 4.69) is 25.2 Å². The van der Waals surface area contributed by atoms with Crippen molar-refractivity contribution in [3.05, 3.63) is 88.7 Å². The lowest BCUT2D eigenvalue weighted by atomic mass is 10.2. The fraction of sp³-hybridized carbons (Fsp3) is 0.143. The zero-order chi connectivity index (χ0) is 20.4. The average Bonchev–Trinajstić information content (AvgIpc) is 3.29. The predicted octanol–water partition coefficient (Wildman–Crippen LogP) is 4.03. The number of amides is 1. The van der Waals surface area contributed by atoms with Gasteiger partial charge in [-0.1, -0.05) is 35.0 Å². The highest BCUT2D eigenvalue weighted by Gasteiger charge is 2.17. The zero-order valence-electron chi connectivity index (χ0n) is 16.0. The summed E-state index contributed by atoms with van der Waals surface area (Å²) in [6.07, 6.45) is 3.72. The van der Waals surface area contributed by atoms with E-state index in [0.29, 0.717) is 16.4 Å². The molecule has 0 radical (unpaired) electrons. The predicted molar refractivity (Wildman–Crippen MR) is 112 cm³/mol. The van der Waals surface area contributed by atoms with Gasteiger partial charge in [0, 0.05) is 29.6 Å². The second kappa shape index (κ2) is 7.89. The van der Waals surface area contributed by atoms with Crippen LogP contribution in [-0.2, 0) is 6.54 Å². The minimum absolute atomic E-state index is 0.267. The van der Waals surface area contributed by atoms with Crippen LogP contribution in [0.25, 0.3) is 5.69 Å². The number of nitrogens with zero attached hydrogens (tertiary/aromatic N) is 5. The first kappa shape index (κ1) is 18.9. The van der Waals surface area contributed by atoms with E-state index in [4.69, 9.17) is 11.6 Å². The summed E-state index contributed by atoms with van der Waals surface area (Å²) >= 11 is 6.04. The van der Waals surface area contributed by atoms with Gasteiger partial charge in [0.15, 0.2) is 5.69 Å². The number of aryl methyl sites for hydroxylation is 1. The van der Waals surface area contributed by atoms with E-state index in [1.807, 2.05) is 49.5 Å². The van der Waals surface area contributed by atoms with Gasteiger partial charge in [-0.05, 0) is 49.7 Å². The second-order valence-electron chi connectivity index (χ2n) is 6.67. The maximum atomic E-state index is 12.7. The number of hydrogen-bond donors (Lipinski definition) is 1. The number of benzene rings is 2. The van der Waals surface area contributed by atoms with Gasteiger partial charge in [-0.25, -0.2) is 9.67 Å². The number of anilines is 1. The van der Waals surface area contributed by atoms with Gasteiger partial charge >= 0.3 is 0 Å². The largest absolute Gasteiger partial charge is 0.331 e. The van der Waals surface area contributed by atoms with Crippen molar-refractivity contribution < 1.29 is 4.79 Å². The Morgan fingerprint density at radius 1 is 1.14 bits per heavy atom. The Morgan fingerprint density at radius 2 is 1.93 bits per heavy atom. The fourth-order valence-corrected chi connectivity index (χ4v) is 3.23. The molecule has 0 spiro atoms. The van der Waals surface area contributed by atoms with Gasteiger partial charge in [-0.15, -0.1) is 5.10 Å².